The second-order valence-corrected chi connectivity index (χ2v) is 4.25. The van der Waals surface area contributed by atoms with Crippen LogP contribution in [0.5, 0.6) is 0 Å². The van der Waals surface area contributed by atoms with Gasteiger partial charge in [0.05, 0.1) is 10.7 Å². The van der Waals surface area contributed by atoms with E-state index in [2.05, 4.69) is 5.32 Å². The van der Waals surface area contributed by atoms with Crippen LogP contribution in [0.1, 0.15) is 15.9 Å². The highest BCUT2D eigenvalue weighted by Crippen LogP contribution is 2.21. The molecule has 18 heavy (non-hydrogen) atoms. The van der Waals surface area contributed by atoms with Crippen molar-refractivity contribution >= 4 is 23.2 Å². The summed E-state index contributed by atoms with van der Waals surface area (Å²) in [5.41, 5.74) is 7.63. The highest BCUT2D eigenvalue weighted by atomic mass is 35.5. The quantitative estimate of drug-likeness (QED) is 0.891. The van der Waals surface area contributed by atoms with Gasteiger partial charge in [0.25, 0.3) is 5.91 Å². The van der Waals surface area contributed by atoms with Crippen molar-refractivity contribution in [3.8, 4) is 0 Å². The van der Waals surface area contributed by atoms with Crippen LogP contribution in [0.2, 0.25) is 5.02 Å². The van der Waals surface area contributed by atoms with Crippen LogP contribution in [0, 0.1) is 0 Å². The van der Waals surface area contributed by atoms with Crippen LogP contribution in [0.25, 0.3) is 0 Å². The lowest BCUT2D eigenvalue weighted by atomic mass is 10.1. The van der Waals surface area contributed by atoms with E-state index in [0.717, 1.165) is 5.56 Å². The van der Waals surface area contributed by atoms with Crippen LogP contribution in [0.15, 0.2) is 48.5 Å². The highest BCUT2D eigenvalue weighted by molar-refractivity contribution is 6.33. The minimum Gasteiger partial charge on any atom is -0.326 e. The maximum absolute atomic E-state index is 12.0. The predicted molar refractivity (Wildman–Crippen MR) is 73.7 cm³/mol. The lowest BCUT2D eigenvalue weighted by Gasteiger charge is -2.07. The minimum absolute atomic E-state index is 0.196. The average molecular weight is 261 g/mol. The smallest absolute Gasteiger partial charge is 0.255 e. The van der Waals surface area contributed by atoms with E-state index >= 15 is 0 Å². The average Bonchev–Trinajstić information content (AvgIpc) is 2.41. The summed E-state index contributed by atoms with van der Waals surface area (Å²) in [5, 5.41) is 3.28. The fourth-order valence-electron chi connectivity index (χ4n) is 1.60. The van der Waals surface area contributed by atoms with Gasteiger partial charge in [0, 0.05) is 12.1 Å². The van der Waals surface area contributed by atoms with Gasteiger partial charge < -0.3 is 11.1 Å². The molecule has 0 aliphatic carbocycles. The van der Waals surface area contributed by atoms with Crippen LogP contribution in [0.3, 0.4) is 0 Å². The summed E-state index contributed by atoms with van der Waals surface area (Å²) in [6, 6.07) is 14.3. The molecule has 0 aromatic heterocycles. The first-order valence-corrected chi connectivity index (χ1v) is 5.93. The number of hydrogen-bond donors (Lipinski definition) is 2. The van der Waals surface area contributed by atoms with Crippen LogP contribution in [-0.4, -0.2) is 5.91 Å². The molecule has 0 fully saturated rings. The van der Waals surface area contributed by atoms with Gasteiger partial charge in [-0.2, -0.15) is 0 Å². The van der Waals surface area contributed by atoms with Crippen LogP contribution < -0.4 is 11.1 Å². The Bertz CT molecular complexity index is 569. The Morgan fingerprint density at radius 1 is 1.17 bits per heavy atom. The third kappa shape index (κ3) is 2.88. The molecular formula is C14H13ClN2O. The number of carbonyl (C=O) groups is 1. The van der Waals surface area contributed by atoms with E-state index in [0.29, 0.717) is 22.8 Å². The summed E-state index contributed by atoms with van der Waals surface area (Å²) >= 11 is 5.98. The number of hydrogen-bond acceptors (Lipinski definition) is 2. The van der Waals surface area contributed by atoms with Gasteiger partial charge in [0.2, 0.25) is 0 Å². The topological polar surface area (TPSA) is 55.1 Å². The van der Waals surface area contributed by atoms with Crippen LogP contribution in [0.4, 0.5) is 5.69 Å². The minimum atomic E-state index is -0.196. The number of benzene rings is 2. The fourth-order valence-corrected chi connectivity index (χ4v) is 1.78. The number of halogens is 1. The first-order valence-electron chi connectivity index (χ1n) is 5.55. The standard InChI is InChI=1S/C14H13ClN2O/c15-12-6-1-2-7-13(12)17-14(18)11-5-3-4-10(8-11)9-16/h1-8H,9,16H2,(H,17,18). The number of para-hydroxylation sites is 1. The molecule has 0 radical (unpaired) electrons. The molecule has 3 nitrogen and oxygen atoms in total. The molecule has 2 rings (SSSR count). The van der Waals surface area contributed by atoms with Crippen LogP contribution >= 0.6 is 11.6 Å². The Kier molecular flexibility index (Phi) is 3.97. The van der Waals surface area contributed by atoms with Gasteiger partial charge in [-0.3, -0.25) is 4.79 Å². The Balaban J connectivity index is 2.19. The van der Waals surface area contributed by atoms with E-state index in [1.165, 1.54) is 0 Å². The number of carbonyl (C=O) groups excluding carboxylic acids is 1. The summed E-state index contributed by atoms with van der Waals surface area (Å²) in [4.78, 5) is 12.0. The van der Waals surface area contributed by atoms with E-state index in [1.807, 2.05) is 24.3 Å². The second kappa shape index (κ2) is 5.67. The molecule has 3 N–H and O–H groups in total. The number of nitrogens with two attached hydrogens (primary N) is 1. The van der Waals surface area contributed by atoms with E-state index in [-0.39, 0.29) is 5.91 Å². The van der Waals surface area contributed by atoms with Crippen molar-refractivity contribution in [2.75, 3.05) is 5.32 Å². The Hall–Kier alpha value is -1.84. The van der Waals surface area contributed by atoms with Gasteiger partial charge in [0.15, 0.2) is 0 Å². The SMILES string of the molecule is NCc1cccc(C(=O)Nc2ccccc2Cl)c1. The van der Waals surface area contributed by atoms with Crippen molar-refractivity contribution in [1.29, 1.82) is 0 Å². The third-order valence-electron chi connectivity index (χ3n) is 2.55. The van der Waals surface area contributed by atoms with Crippen molar-refractivity contribution in [3.05, 3.63) is 64.7 Å². The summed E-state index contributed by atoms with van der Waals surface area (Å²) in [6.45, 7) is 0.410. The van der Waals surface area contributed by atoms with Gasteiger partial charge >= 0.3 is 0 Å². The summed E-state index contributed by atoms with van der Waals surface area (Å²) in [5.74, 6) is -0.196. The number of amides is 1. The van der Waals surface area contributed by atoms with Gasteiger partial charge in [0.1, 0.15) is 0 Å². The molecule has 0 atom stereocenters. The highest BCUT2D eigenvalue weighted by Gasteiger charge is 2.08. The largest absolute Gasteiger partial charge is 0.326 e. The lowest BCUT2D eigenvalue weighted by Crippen LogP contribution is -2.12. The molecule has 1 amide bonds. The zero-order valence-corrected chi connectivity index (χ0v) is 10.4. The van der Waals surface area contributed by atoms with Gasteiger partial charge in [-0.1, -0.05) is 35.9 Å². The van der Waals surface area contributed by atoms with Crippen LogP contribution in [-0.2, 0) is 6.54 Å². The van der Waals surface area contributed by atoms with E-state index in [1.54, 1.807) is 24.3 Å². The molecule has 0 bridgehead atoms. The molecule has 0 unspecified atom stereocenters. The molecule has 0 spiro atoms. The summed E-state index contributed by atoms with van der Waals surface area (Å²) in [6.07, 6.45) is 0. The van der Waals surface area contributed by atoms with Gasteiger partial charge in [-0.25, -0.2) is 0 Å². The lowest BCUT2D eigenvalue weighted by molar-refractivity contribution is 0.102. The van der Waals surface area contributed by atoms with Crippen molar-refractivity contribution in [1.82, 2.24) is 0 Å². The monoisotopic (exact) mass is 260 g/mol. The first kappa shape index (κ1) is 12.6. The number of rotatable bonds is 3. The number of nitrogens with one attached hydrogen (secondary N) is 1. The molecule has 2 aromatic rings. The molecule has 0 saturated heterocycles. The third-order valence-corrected chi connectivity index (χ3v) is 2.88. The van der Waals surface area contributed by atoms with Gasteiger partial charge in [-0.15, -0.1) is 0 Å². The number of anilines is 1. The fraction of sp³-hybridized carbons (Fsp3) is 0.0714. The molecular weight excluding hydrogens is 248 g/mol. The molecule has 0 aliphatic rings. The van der Waals surface area contributed by atoms with Gasteiger partial charge in [-0.05, 0) is 29.8 Å². The zero-order valence-electron chi connectivity index (χ0n) is 9.69. The first-order chi connectivity index (χ1) is 8.70. The second-order valence-electron chi connectivity index (χ2n) is 3.84. The summed E-state index contributed by atoms with van der Waals surface area (Å²) < 4.78 is 0. The van der Waals surface area contributed by atoms with Crippen molar-refractivity contribution in [2.45, 2.75) is 6.54 Å². The maximum Gasteiger partial charge on any atom is 0.255 e. The Morgan fingerprint density at radius 2 is 1.94 bits per heavy atom. The van der Waals surface area contributed by atoms with E-state index < -0.39 is 0 Å². The molecule has 0 saturated carbocycles. The van der Waals surface area contributed by atoms with E-state index in [4.69, 9.17) is 17.3 Å². The van der Waals surface area contributed by atoms with Crippen molar-refractivity contribution in [2.24, 2.45) is 5.73 Å². The molecule has 0 heterocycles. The zero-order chi connectivity index (χ0) is 13.0. The maximum atomic E-state index is 12.0. The van der Waals surface area contributed by atoms with Crippen molar-refractivity contribution < 1.29 is 4.79 Å². The molecule has 0 aliphatic heterocycles. The molecule has 2 aromatic carbocycles. The predicted octanol–water partition coefficient (Wildman–Crippen LogP) is 3.05. The van der Waals surface area contributed by atoms with Crippen molar-refractivity contribution in [3.63, 3.8) is 0 Å². The molecule has 92 valence electrons. The molecule has 4 heteroatoms. The Morgan fingerprint density at radius 3 is 2.67 bits per heavy atom. The van der Waals surface area contributed by atoms with E-state index in [9.17, 15) is 4.79 Å². The Labute approximate surface area is 111 Å². The summed E-state index contributed by atoms with van der Waals surface area (Å²) in [7, 11) is 0. The normalized spacial score (nSPS) is 10.1.